The number of amides is 1. The standard InChI is InChI=1S/C14H22N4O/c1-2-3-9-15-13(19)12-8-10-16-14(18-12)17-11-6-4-5-7-11/h8,10-11H,2-7,9H2,1H3,(H,15,19)(H,16,17,18). The maximum atomic E-state index is 11.9. The Hall–Kier alpha value is -1.65. The number of anilines is 1. The van der Waals surface area contributed by atoms with Gasteiger partial charge in [0.2, 0.25) is 5.95 Å². The van der Waals surface area contributed by atoms with Gasteiger partial charge < -0.3 is 10.6 Å². The lowest BCUT2D eigenvalue weighted by atomic mass is 10.2. The Kier molecular flexibility index (Phi) is 5.12. The Labute approximate surface area is 114 Å². The fourth-order valence-electron chi connectivity index (χ4n) is 2.28. The molecular formula is C14H22N4O. The zero-order valence-electron chi connectivity index (χ0n) is 11.5. The minimum Gasteiger partial charge on any atom is -0.351 e. The molecule has 1 aliphatic rings. The van der Waals surface area contributed by atoms with Crippen LogP contribution in [-0.2, 0) is 0 Å². The molecule has 5 heteroatoms. The molecular weight excluding hydrogens is 240 g/mol. The number of carbonyl (C=O) groups excluding carboxylic acids is 1. The molecule has 1 saturated carbocycles. The van der Waals surface area contributed by atoms with Crippen LogP contribution in [0.1, 0.15) is 55.9 Å². The zero-order valence-corrected chi connectivity index (χ0v) is 11.5. The number of rotatable bonds is 6. The number of hydrogen-bond donors (Lipinski definition) is 2. The van der Waals surface area contributed by atoms with Crippen molar-refractivity contribution in [3.05, 3.63) is 18.0 Å². The van der Waals surface area contributed by atoms with Gasteiger partial charge in [0.05, 0.1) is 0 Å². The zero-order chi connectivity index (χ0) is 13.5. The van der Waals surface area contributed by atoms with Crippen LogP contribution >= 0.6 is 0 Å². The maximum Gasteiger partial charge on any atom is 0.270 e. The van der Waals surface area contributed by atoms with E-state index in [9.17, 15) is 4.79 Å². The molecule has 2 rings (SSSR count). The van der Waals surface area contributed by atoms with Gasteiger partial charge in [-0.15, -0.1) is 0 Å². The summed E-state index contributed by atoms with van der Waals surface area (Å²) in [6, 6.07) is 2.11. The Bertz CT molecular complexity index is 416. The summed E-state index contributed by atoms with van der Waals surface area (Å²) in [7, 11) is 0. The molecule has 2 N–H and O–H groups in total. The molecule has 1 aliphatic carbocycles. The first-order chi connectivity index (χ1) is 9.29. The van der Waals surface area contributed by atoms with Gasteiger partial charge in [0.25, 0.3) is 5.91 Å². The highest BCUT2D eigenvalue weighted by molar-refractivity contribution is 5.92. The highest BCUT2D eigenvalue weighted by Gasteiger charge is 2.16. The third-order valence-electron chi connectivity index (χ3n) is 3.39. The number of carbonyl (C=O) groups is 1. The van der Waals surface area contributed by atoms with Gasteiger partial charge >= 0.3 is 0 Å². The van der Waals surface area contributed by atoms with E-state index in [1.165, 1.54) is 12.8 Å². The molecule has 104 valence electrons. The van der Waals surface area contributed by atoms with E-state index in [1.54, 1.807) is 12.3 Å². The molecule has 0 saturated heterocycles. The van der Waals surface area contributed by atoms with Crippen LogP contribution in [0.15, 0.2) is 12.3 Å². The van der Waals surface area contributed by atoms with Crippen molar-refractivity contribution in [2.75, 3.05) is 11.9 Å². The summed E-state index contributed by atoms with van der Waals surface area (Å²) >= 11 is 0. The van der Waals surface area contributed by atoms with Crippen LogP contribution in [0, 0.1) is 0 Å². The molecule has 0 unspecified atom stereocenters. The third-order valence-corrected chi connectivity index (χ3v) is 3.39. The molecule has 0 atom stereocenters. The summed E-state index contributed by atoms with van der Waals surface area (Å²) < 4.78 is 0. The minimum atomic E-state index is -0.120. The van der Waals surface area contributed by atoms with Crippen molar-refractivity contribution in [2.45, 2.75) is 51.5 Å². The van der Waals surface area contributed by atoms with Gasteiger partial charge in [-0.05, 0) is 25.3 Å². The first-order valence-electron chi connectivity index (χ1n) is 7.17. The second-order valence-corrected chi connectivity index (χ2v) is 5.00. The Balaban J connectivity index is 1.91. The van der Waals surface area contributed by atoms with Gasteiger partial charge in [-0.2, -0.15) is 0 Å². The van der Waals surface area contributed by atoms with Gasteiger partial charge in [0, 0.05) is 18.8 Å². The van der Waals surface area contributed by atoms with Crippen molar-refractivity contribution < 1.29 is 4.79 Å². The van der Waals surface area contributed by atoms with Crippen molar-refractivity contribution in [1.82, 2.24) is 15.3 Å². The predicted octanol–water partition coefficient (Wildman–Crippen LogP) is 2.36. The molecule has 1 fully saturated rings. The van der Waals surface area contributed by atoms with Crippen molar-refractivity contribution in [3.63, 3.8) is 0 Å². The first-order valence-corrected chi connectivity index (χ1v) is 7.17. The average molecular weight is 262 g/mol. The summed E-state index contributed by atoms with van der Waals surface area (Å²) in [6.45, 7) is 2.80. The summed E-state index contributed by atoms with van der Waals surface area (Å²) in [5.41, 5.74) is 0.437. The van der Waals surface area contributed by atoms with Crippen molar-refractivity contribution in [3.8, 4) is 0 Å². The summed E-state index contributed by atoms with van der Waals surface area (Å²) in [5.74, 6) is 0.445. The Morgan fingerprint density at radius 2 is 2.21 bits per heavy atom. The number of hydrogen-bond acceptors (Lipinski definition) is 4. The van der Waals surface area contributed by atoms with Gasteiger partial charge in [-0.3, -0.25) is 4.79 Å². The SMILES string of the molecule is CCCCNC(=O)c1ccnc(NC2CCCC2)n1. The van der Waals surface area contributed by atoms with E-state index in [0.29, 0.717) is 24.2 Å². The lowest BCUT2D eigenvalue weighted by Gasteiger charge is -2.12. The Morgan fingerprint density at radius 3 is 2.95 bits per heavy atom. The van der Waals surface area contributed by atoms with Gasteiger partial charge in [-0.25, -0.2) is 9.97 Å². The van der Waals surface area contributed by atoms with Crippen LogP contribution in [-0.4, -0.2) is 28.5 Å². The molecule has 19 heavy (non-hydrogen) atoms. The van der Waals surface area contributed by atoms with Crippen LogP contribution in [0.3, 0.4) is 0 Å². The molecule has 1 amide bonds. The number of unbranched alkanes of at least 4 members (excludes halogenated alkanes) is 1. The van der Waals surface area contributed by atoms with Crippen LogP contribution in [0.2, 0.25) is 0 Å². The molecule has 0 aromatic carbocycles. The van der Waals surface area contributed by atoms with E-state index in [-0.39, 0.29) is 5.91 Å². The van der Waals surface area contributed by atoms with E-state index in [1.807, 2.05) is 0 Å². The molecule has 1 heterocycles. The maximum absolute atomic E-state index is 11.9. The van der Waals surface area contributed by atoms with Crippen molar-refractivity contribution >= 4 is 11.9 Å². The molecule has 0 bridgehead atoms. The quantitative estimate of drug-likeness (QED) is 0.772. The summed E-state index contributed by atoms with van der Waals surface area (Å²) in [4.78, 5) is 20.3. The lowest BCUT2D eigenvalue weighted by molar-refractivity contribution is 0.0948. The van der Waals surface area contributed by atoms with Gasteiger partial charge in [0.15, 0.2) is 0 Å². The normalized spacial score (nSPS) is 15.4. The molecule has 5 nitrogen and oxygen atoms in total. The van der Waals surface area contributed by atoms with E-state index >= 15 is 0 Å². The van der Waals surface area contributed by atoms with Gasteiger partial charge in [-0.1, -0.05) is 26.2 Å². The van der Waals surface area contributed by atoms with E-state index in [0.717, 1.165) is 25.7 Å². The summed E-state index contributed by atoms with van der Waals surface area (Å²) in [6.07, 6.45) is 8.54. The fraction of sp³-hybridized carbons (Fsp3) is 0.643. The topological polar surface area (TPSA) is 66.9 Å². The van der Waals surface area contributed by atoms with Crippen molar-refractivity contribution in [1.29, 1.82) is 0 Å². The van der Waals surface area contributed by atoms with Crippen LogP contribution in [0.4, 0.5) is 5.95 Å². The van der Waals surface area contributed by atoms with E-state index in [4.69, 9.17) is 0 Å². The minimum absolute atomic E-state index is 0.120. The number of nitrogens with zero attached hydrogens (tertiary/aromatic N) is 2. The summed E-state index contributed by atoms with van der Waals surface area (Å²) in [5, 5.41) is 6.16. The number of aromatic nitrogens is 2. The second-order valence-electron chi connectivity index (χ2n) is 5.00. The monoisotopic (exact) mass is 262 g/mol. The molecule has 0 spiro atoms. The van der Waals surface area contributed by atoms with Gasteiger partial charge in [0.1, 0.15) is 5.69 Å². The van der Waals surface area contributed by atoms with Crippen LogP contribution < -0.4 is 10.6 Å². The predicted molar refractivity (Wildman–Crippen MR) is 75.2 cm³/mol. The Morgan fingerprint density at radius 1 is 1.42 bits per heavy atom. The average Bonchev–Trinajstić information content (AvgIpc) is 2.92. The van der Waals surface area contributed by atoms with E-state index in [2.05, 4.69) is 27.5 Å². The van der Waals surface area contributed by atoms with E-state index < -0.39 is 0 Å². The highest BCUT2D eigenvalue weighted by Crippen LogP contribution is 2.20. The lowest BCUT2D eigenvalue weighted by Crippen LogP contribution is -2.26. The number of nitrogens with one attached hydrogen (secondary N) is 2. The van der Waals surface area contributed by atoms with Crippen molar-refractivity contribution in [2.24, 2.45) is 0 Å². The fourth-order valence-corrected chi connectivity index (χ4v) is 2.28. The third kappa shape index (κ3) is 4.19. The smallest absolute Gasteiger partial charge is 0.270 e. The molecule has 1 aromatic rings. The molecule has 1 aromatic heterocycles. The van der Waals surface area contributed by atoms with Crippen LogP contribution in [0.25, 0.3) is 0 Å². The molecule has 0 radical (unpaired) electrons. The van der Waals surface area contributed by atoms with Crippen LogP contribution in [0.5, 0.6) is 0 Å². The largest absolute Gasteiger partial charge is 0.351 e. The molecule has 0 aliphatic heterocycles. The second kappa shape index (κ2) is 7.07. The highest BCUT2D eigenvalue weighted by atomic mass is 16.1. The first kappa shape index (κ1) is 13.8.